The van der Waals surface area contributed by atoms with Gasteiger partial charge in [-0.3, -0.25) is 0 Å². The van der Waals surface area contributed by atoms with Gasteiger partial charge in [-0.2, -0.15) is 0 Å². The second-order valence-corrected chi connectivity index (χ2v) is 7.44. The minimum atomic E-state index is 0.621. The highest BCUT2D eigenvalue weighted by atomic mass is 14.9. The van der Waals surface area contributed by atoms with E-state index in [-0.39, 0.29) is 0 Å². The minimum absolute atomic E-state index is 0.621. The molecule has 17 heavy (non-hydrogen) atoms. The minimum Gasteiger partial charge on any atom is -0.316 e. The van der Waals surface area contributed by atoms with Crippen molar-refractivity contribution >= 4 is 0 Å². The fourth-order valence-electron chi connectivity index (χ4n) is 4.77. The summed E-state index contributed by atoms with van der Waals surface area (Å²) in [6.07, 6.45) is 13.5. The molecule has 0 aliphatic heterocycles. The zero-order valence-corrected chi connectivity index (χ0v) is 11.5. The van der Waals surface area contributed by atoms with E-state index in [2.05, 4.69) is 12.2 Å². The first-order chi connectivity index (χ1) is 8.25. The van der Waals surface area contributed by atoms with Crippen molar-refractivity contribution < 1.29 is 0 Å². The van der Waals surface area contributed by atoms with Crippen LogP contribution in [0, 0.1) is 23.2 Å². The van der Waals surface area contributed by atoms with Gasteiger partial charge >= 0.3 is 0 Å². The Balaban J connectivity index is 1.40. The SMILES string of the molecule is CC1(CNCC2CC3CCC2C3)CCCCC1. The molecular weight excluding hydrogens is 206 g/mol. The van der Waals surface area contributed by atoms with E-state index in [9.17, 15) is 0 Å². The summed E-state index contributed by atoms with van der Waals surface area (Å²) in [6, 6.07) is 0. The summed E-state index contributed by atoms with van der Waals surface area (Å²) >= 11 is 0. The molecule has 0 aromatic carbocycles. The van der Waals surface area contributed by atoms with Crippen molar-refractivity contribution in [2.75, 3.05) is 13.1 Å². The number of fused-ring (bicyclic) bond motifs is 2. The van der Waals surface area contributed by atoms with Crippen LogP contribution in [0.4, 0.5) is 0 Å². The average molecular weight is 235 g/mol. The van der Waals surface area contributed by atoms with Gasteiger partial charge in [-0.15, -0.1) is 0 Å². The average Bonchev–Trinajstić information content (AvgIpc) is 2.92. The summed E-state index contributed by atoms with van der Waals surface area (Å²) in [5.41, 5.74) is 0.621. The highest BCUT2D eigenvalue weighted by Gasteiger charge is 2.39. The molecule has 1 nitrogen and oxygen atoms in total. The molecule has 3 unspecified atom stereocenters. The molecule has 0 aromatic rings. The molecule has 3 aliphatic rings. The van der Waals surface area contributed by atoms with E-state index in [0.29, 0.717) is 5.41 Å². The molecule has 0 amide bonds. The molecule has 3 rings (SSSR count). The van der Waals surface area contributed by atoms with Crippen LogP contribution in [-0.2, 0) is 0 Å². The Hall–Kier alpha value is -0.0400. The maximum atomic E-state index is 3.82. The molecule has 2 bridgehead atoms. The van der Waals surface area contributed by atoms with E-state index in [0.717, 1.165) is 17.8 Å². The summed E-state index contributed by atoms with van der Waals surface area (Å²) in [5, 5.41) is 3.82. The number of rotatable bonds is 4. The van der Waals surface area contributed by atoms with E-state index in [1.165, 1.54) is 58.0 Å². The van der Waals surface area contributed by atoms with Gasteiger partial charge in [0.2, 0.25) is 0 Å². The molecule has 0 aromatic heterocycles. The van der Waals surface area contributed by atoms with E-state index in [1.54, 1.807) is 12.8 Å². The molecule has 3 saturated carbocycles. The van der Waals surface area contributed by atoms with Crippen molar-refractivity contribution in [3.63, 3.8) is 0 Å². The van der Waals surface area contributed by atoms with Crippen LogP contribution >= 0.6 is 0 Å². The highest BCUT2D eigenvalue weighted by molar-refractivity contribution is 4.91. The summed E-state index contributed by atoms with van der Waals surface area (Å²) in [4.78, 5) is 0. The van der Waals surface area contributed by atoms with Gasteiger partial charge in [0.25, 0.3) is 0 Å². The molecule has 0 saturated heterocycles. The summed E-state index contributed by atoms with van der Waals surface area (Å²) in [5.74, 6) is 3.23. The molecule has 3 aliphatic carbocycles. The third-order valence-electron chi connectivity index (χ3n) is 5.90. The Kier molecular flexibility index (Phi) is 3.47. The smallest absolute Gasteiger partial charge is 0.000528 e. The number of hydrogen-bond acceptors (Lipinski definition) is 1. The normalized spacial score (nSPS) is 39.7. The first-order valence-electron chi connectivity index (χ1n) is 7.96. The van der Waals surface area contributed by atoms with Crippen LogP contribution in [0.3, 0.4) is 0 Å². The fourth-order valence-corrected chi connectivity index (χ4v) is 4.77. The Morgan fingerprint density at radius 3 is 2.53 bits per heavy atom. The molecule has 3 atom stereocenters. The maximum Gasteiger partial charge on any atom is 0.000528 e. The van der Waals surface area contributed by atoms with Gasteiger partial charge in [0.1, 0.15) is 0 Å². The Labute approximate surface area is 107 Å². The third kappa shape index (κ3) is 2.70. The van der Waals surface area contributed by atoms with Gasteiger partial charge in [-0.1, -0.05) is 32.6 Å². The van der Waals surface area contributed by atoms with Gasteiger partial charge < -0.3 is 5.32 Å². The first kappa shape index (κ1) is 12.0. The van der Waals surface area contributed by atoms with Crippen LogP contribution in [0.2, 0.25) is 0 Å². The lowest BCUT2D eigenvalue weighted by molar-refractivity contribution is 0.198. The van der Waals surface area contributed by atoms with Crippen molar-refractivity contribution in [2.24, 2.45) is 23.2 Å². The molecule has 3 fully saturated rings. The Bertz CT molecular complexity index is 254. The van der Waals surface area contributed by atoms with Gasteiger partial charge in [0.15, 0.2) is 0 Å². The van der Waals surface area contributed by atoms with Crippen LogP contribution < -0.4 is 5.32 Å². The topological polar surface area (TPSA) is 12.0 Å². The van der Waals surface area contributed by atoms with Crippen LogP contribution in [0.25, 0.3) is 0 Å². The van der Waals surface area contributed by atoms with Crippen molar-refractivity contribution in [2.45, 2.75) is 64.7 Å². The monoisotopic (exact) mass is 235 g/mol. The van der Waals surface area contributed by atoms with Gasteiger partial charge in [-0.05, 0) is 61.8 Å². The lowest BCUT2D eigenvalue weighted by Gasteiger charge is -2.34. The molecule has 1 N–H and O–H groups in total. The van der Waals surface area contributed by atoms with E-state index in [1.807, 2.05) is 0 Å². The summed E-state index contributed by atoms with van der Waals surface area (Å²) in [7, 11) is 0. The molecule has 1 heteroatoms. The zero-order chi connectivity index (χ0) is 11.7. The van der Waals surface area contributed by atoms with Crippen LogP contribution in [0.5, 0.6) is 0 Å². The van der Waals surface area contributed by atoms with Crippen molar-refractivity contribution in [3.8, 4) is 0 Å². The molecule has 98 valence electrons. The van der Waals surface area contributed by atoms with Gasteiger partial charge in [0, 0.05) is 6.54 Å². The van der Waals surface area contributed by atoms with Gasteiger partial charge in [-0.25, -0.2) is 0 Å². The zero-order valence-electron chi connectivity index (χ0n) is 11.5. The molecule has 0 radical (unpaired) electrons. The number of hydrogen-bond donors (Lipinski definition) is 1. The van der Waals surface area contributed by atoms with Crippen LogP contribution in [-0.4, -0.2) is 13.1 Å². The largest absolute Gasteiger partial charge is 0.316 e. The molecule has 0 spiro atoms. The predicted octanol–water partition coefficient (Wildman–Crippen LogP) is 3.98. The summed E-state index contributed by atoms with van der Waals surface area (Å²) < 4.78 is 0. The van der Waals surface area contributed by atoms with E-state index in [4.69, 9.17) is 0 Å². The second-order valence-electron chi connectivity index (χ2n) is 7.44. The standard InChI is InChI=1S/C16H29N/c1-16(7-3-2-4-8-16)12-17-11-15-10-13-5-6-14(15)9-13/h13-15,17H,2-12H2,1H3. The molecular formula is C16H29N. The Morgan fingerprint density at radius 1 is 1.06 bits per heavy atom. The predicted molar refractivity (Wildman–Crippen MR) is 73.0 cm³/mol. The van der Waals surface area contributed by atoms with Crippen LogP contribution in [0.1, 0.15) is 64.7 Å². The van der Waals surface area contributed by atoms with Crippen molar-refractivity contribution in [1.82, 2.24) is 5.32 Å². The first-order valence-corrected chi connectivity index (χ1v) is 7.96. The van der Waals surface area contributed by atoms with Crippen molar-refractivity contribution in [1.29, 1.82) is 0 Å². The maximum absolute atomic E-state index is 3.82. The Morgan fingerprint density at radius 2 is 1.88 bits per heavy atom. The summed E-state index contributed by atoms with van der Waals surface area (Å²) in [6.45, 7) is 5.09. The quantitative estimate of drug-likeness (QED) is 0.777. The lowest BCUT2D eigenvalue weighted by atomic mass is 9.75. The van der Waals surface area contributed by atoms with Crippen molar-refractivity contribution in [3.05, 3.63) is 0 Å². The highest BCUT2D eigenvalue weighted by Crippen LogP contribution is 2.48. The second kappa shape index (κ2) is 4.91. The number of nitrogens with one attached hydrogen (secondary N) is 1. The lowest BCUT2D eigenvalue weighted by Crippen LogP contribution is -2.37. The third-order valence-corrected chi connectivity index (χ3v) is 5.90. The molecule has 0 heterocycles. The fraction of sp³-hybridized carbons (Fsp3) is 1.00. The van der Waals surface area contributed by atoms with Crippen LogP contribution in [0.15, 0.2) is 0 Å². The van der Waals surface area contributed by atoms with E-state index >= 15 is 0 Å². The van der Waals surface area contributed by atoms with E-state index < -0.39 is 0 Å². The van der Waals surface area contributed by atoms with Gasteiger partial charge in [0.05, 0.1) is 0 Å².